The Labute approximate surface area is 33.6 Å². The number of hydrogen-bond acceptors (Lipinski definition) is 1. The van der Waals surface area contributed by atoms with Gasteiger partial charge in [-0.1, -0.05) is 13.8 Å². The highest BCUT2D eigenvalue weighted by Gasteiger charge is 1.79. The van der Waals surface area contributed by atoms with Crippen LogP contribution in [0, 0.1) is 0 Å². The van der Waals surface area contributed by atoms with Crippen LogP contribution < -0.4 is 0 Å². The molecule has 0 rings (SSSR count). The van der Waals surface area contributed by atoms with Gasteiger partial charge in [-0.3, -0.25) is 4.57 Å². The molecule has 0 aliphatic heterocycles. The summed E-state index contributed by atoms with van der Waals surface area (Å²) in [5.41, 5.74) is 0.356. The second-order valence-corrected chi connectivity index (χ2v) is 2.66. The molecule has 0 fully saturated rings. The van der Waals surface area contributed by atoms with Crippen molar-refractivity contribution in [2.45, 2.75) is 19.5 Å². The van der Waals surface area contributed by atoms with Crippen molar-refractivity contribution in [1.29, 1.82) is 0 Å². The summed E-state index contributed by atoms with van der Waals surface area (Å²) in [6.07, 6.45) is 0. The van der Waals surface area contributed by atoms with Crippen LogP contribution in [0.15, 0.2) is 0 Å². The van der Waals surface area contributed by atoms with Crippen LogP contribution in [0.1, 0.15) is 13.8 Å². The highest BCUT2D eigenvalue weighted by molar-refractivity contribution is 7.24. The van der Waals surface area contributed by atoms with E-state index in [1.807, 2.05) is 13.8 Å². The first-order valence-corrected chi connectivity index (χ1v) is 2.63. The van der Waals surface area contributed by atoms with E-state index in [-0.39, 0.29) is 8.46 Å². The standard InChI is InChI=1S/C3H8OP/c1-3(2)5-4/h3,5H,1-2H3. The normalized spacial score (nSPS) is 10.2. The van der Waals surface area contributed by atoms with Crippen molar-refractivity contribution >= 4 is 8.46 Å². The van der Waals surface area contributed by atoms with Gasteiger partial charge in [0.05, 0.1) is 8.46 Å². The Bertz CT molecular complexity index is 33.9. The largest absolute Gasteiger partial charge is 0.290 e. The monoisotopic (exact) mass is 91.0 g/mol. The molecule has 31 valence electrons. The maximum atomic E-state index is 9.66. The summed E-state index contributed by atoms with van der Waals surface area (Å²) in [7, 11) is -0.136. The van der Waals surface area contributed by atoms with Gasteiger partial charge in [-0.05, 0) is 0 Å². The summed E-state index contributed by atoms with van der Waals surface area (Å²) in [4.78, 5) is 0. The third kappa shape index (κ3) is 4.10. The number of hydrogen-bond donors (Lipinski definition) is 0. The lowest BCUT2D eigenvalue weighted by molar-refractivity contribution is 0.594. The molecule has 1 atom stereocenters. The highest BCUT2D eigenvalue weighted by Crippen LogP contribution is 1.99. The molecule has 1 unspecified atom stereocenters. The molecule has 1 radical (unpaired) electrons. The van der Waals surface area contributed by atoms with Crippen molar-refractivity contribution in [3.8, 4) is 0 Å². The van der Waals surface area contributed by atoms with E-state index in [0.717, 1.165) is 0 Å². The van der Waals surface area contributed by atoms with Gasteiger partial charge in [-0.2, -0.15) is 0 Å². The van der Waals surface area contributed by atoms with Crippen molar-refractivity contribution < 1.29 is 4.57 Å². The average Bonchev–Trinajstić information content (AvgIpc) is 1.38. The fourth-order valence-corrected chi connectivity index (χ4v) is 0. The first-order chi connectivity index (χ1) is 2.27. The first-order valence-electron chi connectivity index (χ1n) is 1.65. The van der Waals surface area contributed by atoms with Gasteiger partial charge >= 0.3 is 0 Å². The van der Waals surface area contributed by atoms with Crippen LogP contribution in [0.3, 0.4) is 0 Å². The summed E-state index contributed by atoms with van der Waals surface area (Å²) >= 11 is 0. The SMILES string of the molecule is CC(C)[PH]=O. The zero-order valence-corrected chi connectivity index (χ0v) is 4.49. The zero-order chi connectivity index (χ0) is 4.28. The molecule has 0 saturated heterocycles. The van der Waals surface area contributed by atoms with Crippen LogP contribution in [0.25, 0.3) is 0 Å². The van der Waals surface area contributed by atoms with E-state index < -0.39 is 0 Å². The molecule has 0 amide bonds. The van der Waals surface area contributed by atoms with E-state index in [2.05, 4.69) is 0 Å². The minimum absolute atomic E-state index is 0.136. The van der Waals surface area contributed by atoms with E-state index in [4.69, 9.17) is 0 Å². The molecule has 0 N–H and O–H groups in total. The van der Waals surface area contributed by atoms with E-state index >= 15 is 0 Å². The fraction of sp³-hybridized carbons (Fsp3) is 1.00. The number of rotatable bonds is 1. The van der Waals surface area contributed by atoms with Crippen LogP contribution in [0.4, 0.5) is 0 Å². The minimum atomic E-state index is -0.136. The lowest BCUT2D eigenvalue weighted by Gasteiger charge is -1.79. The van der Waals surface area contributed by atoms with Gasteiger partial charge in [0.25, 0.3) is 0 Å². The van der Waals surface area contributed by atoms with Gasteiger partial charge in [0.2, 0.25) is 0 Å². The molecule has 0 saturated carbocycles. The van der Waals surface area contributed by atoms with E-state index in [1.165, 1.54) is 0 Å². The van der Waals surface area contributed by atoms with E-state index in [1.54, 1.807) is 0 Å². The third-order valence-electron chi connectivity index (χ3n) is 0.236. The van der Waals surface area contributed by atoms with E-state index in [9.17, 15) is 4.57 Å². The topological polar surface area (TPSA) is 17.1 Å². The van der Waals surface area contributed by atoms with Gasteiger partial charge in [0.15, 0.2) is 0 Å². The Morgan fingerprint density at radius 2 is 1.80 bits per heavy atom. The molecular formula is C3H8OP. The van der Waals surface area contributed by atoms with Crippen molar-refractivity contribution in [3.05, 3.63) is 0 Å². The predicted octanol–water partition coefficient (Wildman–Crippen LogP) is 1.42. The molecule has 0 aromatic heterocycles. The fourth-order valence-electron chi connectivity index (χ4n) is 0. The minimum Gasteiger partial charge on any atom is -0.290 e. The lowest BCUT2D eigenvalue weighted by atomic mass is 10.6. The molecular weight excluding hydrogens is 83.0 g/mol. The van der Waals surface area contributed by atoms with E-state index in [0.29, 0.717) is 5.66 Å². The molecule has 0 aliphatic rings. The molecule has 1 nitrogen and oxygen atoms in total. The van der Waals surface area contributed by atoms with Gasteiger partial charge in [0.1, 0.15) is 0 Å². The maximum Gasteiger partial charge on any atom is 0.0607 e. The second-order valence-electron chi connectivity index (χ2n) is 1.27. The van der Waals surface area contributed by atoms with Crippen molar-refractivity contribution in [1.82, 2.24) is 0 Å². The van der Waals surface area contributed by atoms with Crippen LogP contribution in [0.5, 0.6) is 0 Å². The summed E-state index contributed by atoms with van der Waals surface area (Å²) in [6.45, 7) is 3.84. The van der Waals surface area contributed by atoms with Crippen LogP contribution in [-0.2, 0) is 4.57 Å². The van der Waals surface area contributed by atoms with Crippen LogP contribution in [0.2, 0.25) is 0 Å². The van der Waals surface area contributed by atoms with Gasteiger partial charge in [-0.15, -0.1) is 0 Å². The van der Waals surface area contributed by atoms with Gasteiger partial charge in [-0.25, -0.2) is 0 Å². The Morgan fingerprint density at radius 1 is 1.60 bits per heavy atom. The maximum absolute atomic E-state index is 9.66. The zero-order valence-electron chi connectivity index (χ0n) is 3.49. The highest BCUT2D eigenvalue weighted by atomic mass is 31.1. The quantitative estimate of drug-likeness (QED) is 0.446. The second kappa shape index (κ2) is 2.34. The van der Waals surface area contributed by atoms with Crippen molar-refractivity contribution in [3.63, 3.8) is 0 Å². The third-order valence-corrected chi connectivity index (χ3v) is 0.707. The Kier molecular flexibility index (Phi) is 2.39. The molecule has 5 heavy (non-hydrogen) atoms. The summed E-state index contributed by atoms with van der Waals surface area (Å²) in [5, 5.41) is 0. The molecule has 0 aromatic rings. The summed E-state index contributed by atoms with van der Waals surface area (Å²) in [6, 6.07) is 0. The van der Waals surface area contributed by atoms with Crippen molar-refractivity contribution in [2.75, 3.05) is 0 Å². The van der Waals surface area contributed by atoms with Crippen LogP contribution in [-0.4, -0.2) is 5.66 Å². The Morgan fingerprint density at radius 3 is 1.80 bits per heavy atom. The summed E-state index contributed by atoms with van der Waals surface area (Å²) < 4.78 is 9.66. The molecule has 0 spiro atoms. The molecule has 0 bridgehead atoms. The van der Waals surface area contributed by atoms with Gasteiger partial charge in [0, 0.05) is 5.66 Å². The Hall–Kier alpha value is 0.100. The predicted molar refractivity (Wildman–Crippen MR) is 24.1 cm³/mol. The van der Waals surface area contributed by atoms with Gasteiger partial charge < -0.3 is 0 Å². The van der Waals surface area contributed by atoms with Crippen molar-refractivity contribution in [2.24, 2.45) is 0 Å². The Balaban J connectivity index is 2.83. The molecule has 2 heteroatoms. The summed E-state index contributed by atoms with van der Waals surface area (Å²) in [5.74, 6) is 0. The molecule has 0 heterocycles. The molecule has 0 aromatic carbocycles. The average molecular weight is 91.1 g/mol. The molecule has 0 aliphatic carbocycles. The van der Waals surface area contributed by atoms with Crippen LogP contribution >= 0.6 is 8.46 Å². The smallest absolute Gasteiger partial charge is 0.0607 e. The lowest BCUT2D eigenvalue weighted by Crippen LogP contribution is -1.72. The first kappa shape index (κ1) is 5.10.